The van der Waals surface area contributed by atoms with Crippen LogP contribution >= 0.6 is 11.6 Å². The van der Waals surface area contributed by atoms with Crippen molar-refractivity contribution in [2.75, 3.05) is 13.1 Å². The molecule has 1 heterocycles. The minimum absolute atomic E-state index is 0.0710. The molecule has 4 heteroatoms. The summed E-state index contributed by atoms with van der Waals surface area (Å²) in [6, 6.07) is 4.31. The van der Waals surface area contributed by atoms with Crippen molar-refractivity contribution in [3.8, 4) is 0 Å². The maximum atomic E-state index is 13.5. The summed E-state index contributed by atoms with van der Waals surface area (Å²) in [5, 5.41) is 13.8. The molecule has 0 amide bonds. The number of nitrogens with one attached hydrogen (secondary N) is 1. The second-order valence-electron chi connectivity index (χ2n) is 4.22. The Morgan fingerprint density at radius 1 is 1.50 bits per heavy atom. The van der Waals surface area contributed by atoms with E-state index in [2.05, 4.69) is 5.32 Å². The Morgan fingerprint density at radius 2 is 2.31 bits per heavy atom. The molecule has 1 aromatic carbocycles. The van der Waals surface area contributed by atoms with Crippen LogP contribution in [0.1, 0.15) is 24.5 Å². The molecule has 0 aliphatic carbocycles. The fraction of sp³-hybridized carbons (Fsp3) is 0.500. The molecule has 0 saturated carbocycles. The zero-order valence-electron chi connectivity index (χ0n) is 8.92. The van der Waals surface area contributed by atoms with Gasteiger partial charge in [-0.1, -0.05) is 11.6 Å². The molecule has 2 nitrogen and oxygen atoms in total. The molecule has 1 aliphatic rings. The van der Waals surface area contributed by atoms with Gasteiger partial charge in [-0.3, -0.25) is 0 Å². The Hall–Kier alpha value is -0.640. The fourth-order valence-corrected chi connectivity index (χ4v) is 2.32. The largest absolute Gasteiger partial charge is 0.388 e. The Bertz CT molecular complexity index is 366. The van der Waals surface area contributed by atoms with Gasteiger partial charge in [-0.25, -0.2) is 4.39 Å². The number of aliphatic hydroxyl groups excluding tert-OH is 1. The van der Waals surface area contributed by atoms with Crippen molar-refractivity contribution in [3.05, 3.63) is 34.6 Å². The number of hydrogen-bond acceptors (Lipinski definition) is 2. The quantitative estimate of drug-likeness (QED) is 0.837. The van der Waals surface area contributed by atoms with E-state index in [1.54, 1.807) is 0 Å². The highest BCUT2D eigenvalue weighted by Gasteiger charge is 2.25. The molecule has 1 aliphatic heterocycles. The molecule has 2 N–H and O–H groups in total. The van der Waals surface area contributed by atoms with Gasteiger partial charge in [0.15, 0.2) is 0 Å². The van der Waals surface area contributed by atoms with Crippen LogP contribution in [0.15, 0.2) is 18.2 Å². The van der Waals surface area contributed by atoms with E-state index in [1.165, 1.54) is 18.2 Å². The number of piperidine rings is 1. The highest BCUT2D eigenvalue weighted by molar-refractivity contribution is 6.30. The van der Waals surface area contributed by atoms with E-state index in [-0.39, 0.29) is 11.7 Å². The van der Waals surface area contributed by atoms with Crippen LogP contribution in [0, 0.1) is 11.7 Å². The molecule has 88 valence electrons. The molecule has 1 aromatic rings. The van der Waals surface area contributed by atoms with E-state index in [0.29, 0.717) is 10.6 Å². The van der Waals surface area contributed by atoms with Gasteiger partial charge in [0.2, 0.25) is 0 Å². The average molecular weight is 244 g/mol. The lowest BCUT2D eigenvalue weighted by atomic mass is 9.89. The van der Waals surface area contributed by atoms with Crippen LogP contribution in [0.4, 0.5) is 4.39 Å². The summed E-state index contributed by atoms with van der Waals surface area (Å²) in [6.45, 7) is 1.70. The van der Waals surface area contributed by atoms with Crippen molar-refractivity contribution < 1.29 is 9.50 Å². The van der Waals surface area contributed by atoms with Crippen LogP contribution in [0.5, 0.6) is 0 Å². The van der Waals surface area contributed by atoms with Gasteiger partial charge in [0.25, 0.3) is 0 Å². The van der Waals surface area contributed by atoms with Crippen LogP contribution in [0.2, 0.25) is 5.02 Å². The molecule has 0 bridgehead atoms. The van der Waals surface area contributed by atoms with E-state index in [0.717, 1.165) is 25.9 Å². The lowest BCUT2D eigenvalue weighted by molar-refractivity contribution is 0.0888. The Labute approximate surface area is 99.4 Å². The van der Waals surface area contributed by atoms with Gasteiger partial charge in [-0.15, -0.1) is 0 Å². The van der Waals surface area contributed by atoms with Gasteiger partial charge in [0.05, 0.1) is 6.10 Å². The topological polar surface area (TPSA) is 32.3 Å². The van der Waals surface area contributed by atoms with Gasteiger partial charge in [0, 0.05) is 23.0 Å². The first kappa shape index (κ1) is 11.8. The van der Waals surface area contributed by atoms with Crippen LogP contribution < -0.4 is 5.32 Å². The van der Waals surface area contributed by atoms with Crippen LogP contribution in [-0.4, -0.2) is 18.2 Å². The number of aliphatic hydroxyl groups is 1. The molecule has 2 rings (SSSR count). The first-order valence-corrected chi connectivity index (χ1v) is 5.90. The molecule has 16 heavy (non-hydrogen) atoms. The van der Waals surface area contributed by atoms with Crippen molar-refractivity contribution in [3.63, 3.8) is 0 Å². The first-order chi connectivity index (χ1) is 7.68. The third-order valence-corrected chi connectivity index (χ3v) is 3.29. The standard InChI is InChI=1S/C12H15ClFNO/c13-9-3-4-11(14)10(6-9)12(16)8-2-1-5-15-7-8/h3-4,6,8,12,15-16H,1-2,5,7H2. The van der Waals surface area contributed by atoms with Crippen LogP contribution in [0.3, 0.4) is 0 Å². The number of hydrogen-bond donors (Lipinski definition) is 2. The maximum absolute atomic E-state index is 13.5. The summed E-state index contributed by atoms with van der Waals surface area (Å²) >= 11 is 5.81. The van der Waals surface area contributed by atoms with Crippen molar-refractivity contribution in [1.29, 1.82) is 0 Å². The number of benzene rings is 1. The highest BCUT2D eigenvalue weighted by atomic mass is 35.5. The zero-order chi connectivity index (χ0) is 11.5. The maximum Gasteiger partial charge on any atom is 0.129 e. The second kappa shape index (κ2) is 5.13. The number of halogens is 2. The van der Waals surface area contributed by atoms with Gasteiger partial charge in [-0.05, 0) is 37.6 Å². The Balaban J connectivity index is 2.18. The summed E-state index contributed by atoms with van der Waals surface area (Å²) in [5.41, 5.74) is 0.307. The first-order valence-electron chi connectivity index (χ1n) is 5.52. The van der Waals surface area contributed by atoms with E-state index >= 15 is 0 Å². The lowest BCUT2D eigenvalue weighted by Crippen LogP contribution is -2.33. The van der Waals surface area contributed by atoms with E-state index in [1.807, 2.05) is 0 Å². The molecule has 0 radical (unpaired) electrons. The molecular formula is C12H15ClFNO. The predicted molar refractivity (Wildman–Crippen MR) is 62.0 cm³/mol. The van der Waals surface area contributed by atoms with Gasteiger partial charge in [0.1, 0.15) is 5.82 Å². The normalized spacial score (nSPS) is 23.1. The molecule has 2 atom stereocenters. The van der Waals surface area contributed by atoms with Gasteiger partial charge >= 0.3 is 0 Å². The van der Waals surface area contributed by atoms with Gasteiger partial charge in [-0.2, -0.15) is 0 Å². The molecule has 0 spiro atoms. The highest BCUT2D eigenvalue weighted by Crippen LogP contribution is 2.30. The van der Waals surface area contributed by atoms with Crippen LogP contribution in [-0.2, 0) is 0 Å². The Morgan fingerprint density at radius 3 is 3.00 bits per heavy atom. The molecule has 2 unspecified atom stereocenters. The third-order valence-electron chi connectivity index (χ3n) is 3.06. The molecule has 0 aromatic heterocycles. The number of rotatable bonds is 2. The minimum Gasteiger partial charge on any atom is -0.388 e. The summed E-state index contributed by atoms with van der Waals surface area (Å²) in [7, 11) is 0. The second-order valence-corrected chi connectivity index (χ2v) is 4.65. The summed E-state index contributed by atoms with van der Waals surface area (Å²) in [4.78, 5) is 0. The summed E-state index contributed by atoms with van der Waals surface area (Å²) in [5.74, 6) is -0.316. The monoisotopic (exact) mass is 243 g/mol. The molecule has 1 saturated heterocycles. The Kier molecular flexibility index (Phi) is 3.79. The summed E-state index contributed by atoms with van der Waals surface area (Å²) in [6.07, 6.45) is 1.16. The van der Waals surface area contributed by atoms with Crippen molar-refractivity contribution in [2.45, 2.75) is 18.9 Å². The SMILES string of the molecule is OC(c1cc(Cl)ccc1F)C1CCCNC1. The predicted octanol–water partition coefficient (Wildman–Crippen LogP) is 2.51. The van der Waals surface area contributed by atoms with E-state index in [9.17, 15) is 9.50 Å². The average Bonchev–Trinajstić information content (AvgIpc) is 2.32. The molecular weight excluding hydrogens is 229 g/mol. The zero-order valence-corrected chi connectivity index (χ0v) is 9.67. The third kappa shape index (κ3) is 2.54. The van der Waals surface area contributed by atoms with Crippen molar-refractivity contribution in [2.24, 2.45) is 5.92 Å². The van der Waals surface area contributed by atoms with Gasteiger partial charge < -0.3 is 10.4 Å². The lowest BCUT2D eigenvalue weighted by Gasteiger charge is -2.27. The van der Waals surface area contributed by atoms with Crippen LogP contribution in [0.25, 0.3) is 0 Å². The smallest absolute Gasteiger partial charge is 0.129 e. The summed E-state index contributed by atoms with van der Waals surface area (Å²) < 4.78 is 13.5. The minimum atomic E-state index is -0.772. The van der Waals surface area contributed by atoms with E-state index < -0.39 is 6.10 Å². The van der Waals surface area contributed by atoms with E-state index in [4.69, 9.17) is 11.6 Å². The van der Waals surface area contributed by atoms with Crippen molar-refractivity contribution >= 4 is 11.6 Å². The molecule has 1 fully saturated rings. The fourth-order valence-electron chi connectivity index (χ4n) is 2.14. The van der Waals surface area contributed by atoms with Crippen molar-refractivity contribution in [1.82, 2.24) is 5.32 Å².